The first kappa shape index (κ1) is 85.4. The first-order valence-electron chi connectivity index (χ1n) is 26.9. The van der Waals surface area contributed by atoms with E-state index < -0.39 is 35.8 Å². The van der Waals surface area contributed by atoms with E-state index in [9.17, 15) is 69.6 Å². The number of aromatic carboxylic acids is 6. The Bertz CT molecular complexity index is 2950. The third kappa shape index (κ3) is 39.5. The maximum atomic E-state index is 10.1. The molecule has 0 unspecified atom stereocenters. The summed E-state index contributed by atoms with van der Waals surface area (Å²) in [7, 11) is 0. The van der Waals surface area contributed by atoms with Gasteiger partial charge in [0.05, 0.1) is 88.4 Å². The third-order valence-electron chi connectivity index (χ3n) is 10.5. The number of hydrogen-bond donors (Lipinski definition) is 6. The normalized spacial score (nSPS) is 9.80. The van der Waals surface area contributed by atoms with Gasteiger partial charge in [-0.05, 0) is 82.6 Å². The van der Waals surface area contributed by atoms with Crippen molar-refractivity contribution < 1.29 is 171 Å². The number of carbonyl (C=O) groups is 6. The van der Waals surface area contributed by atoms with Gasteiger partial charge in [0.1, 0.15) is 11.5 Å². The fraction of sp³-hybridized carbons (Fsp3) is 0.147. The molecule has 8 aromatic rings. The predicted octanol–water partition coefficient (Wildman–Crippen LogP) is 1.35. The van der Waals surface area contributed by atoms with Crippen LogP contribution in [0.3, 0.4) is 0 Å². The Hall–Kier alpha value is -8.62. The van der Waals surface area contributed by atoms with Crippen LogP contribution in [0.2, 0.25) is 0 Å². The van der Waals surface area contributed by atoms with Crippen molar-refractivity contribution in [1.82, 2.24) is 0 Å². The van der Waals surface area contributed by atoms with Crippen LogP contribution in [-0.4, -0.2) is 144 Å². The molecule has 0 spiro atoms. The number of carboxylic acid groups (broad SMARTS) is 6. The minimum atomic E-state index is -1.13. The van der Waals surface area contributed by atoms with Crippen LogP contribution in [0.4, 0.5) is 0 Å². The number of aryl methyl sites for hydroxylation is 2. The van der Waals surface area contributed by atoms with Gasteiger partial charge in [-0.25, -0.2) is 0 Å². The van der Waals surface area contributed by atoms with Gasteiger partial charge < -0.3 is 90.0 Å². The molecule has 8 aromatic carbocycles. The number of hydrogen-bond acceptors (Lipinski definition) is 22. The Morgan fingerprint density at radius 1 is 0.304 bits per heavy atom. The Morgan fingerprint density at radius 3 is 0.554 bits per heavy atom. The monoisotopic (exact) mass is 1530 g/mol. The SMILES string of the molecule is Cc1cc(C=NCCO)c(O)c(C=NCCO)c1.Cc1cc(C=NCCO)c(O)c(C=NCCO)c1.O=C([O-])c1ccccc1.O=C([O-])c1ccccc1.O=C([O-])c1ccccc1.O=C([O-])c1ccccc1.O=C([O-])c1ccccc1.O=C([O-])c1ccccc1.[Sm+3].[Sm+3]. The number of phenolic OH excluding ortho intramolecular Hbond substituents is 2. The largest absolute Gasteiger partial charge is 3.00 e. The number of aliphatic imine (C=N–C) groups is 4. The van der Waals surface area contributed by atoms with E-state index >= 15 is 0 Å². The molecule has 22 nitrogen and oxygen atoms in total. The molecule has 0 aromatic heterocycles. The summed E-state index contributed by atoms with van der Waals surface area (Å²) in [5.74, 6) is -6.57. The van der Waals surface area contributed by atoms with Crippen LogP contribution >= 0.6 is 0 Å². The second-order valence-corrected chi connectivity index (χ2v) is 17.5. The van der Waals surface area contributed by atoms with Crippen LogP contribution in [0, 0.1) is 94.6 Å². The van der Waals surface area contributed by atoms with E-state index in [0.717, 1.165) is 11.1 Å². The Morgan fingerprint density at radius 2 is 0.446 bits per heavy atom. The van der Waals surface area contributed by atoms with Crippen LogP contribution in [0.15, 0.2) is 226 Å². The van der Waals surface area contributed by atoms with E-state index in [1.54, 1.807) is 133 Å². The van der Waals surface area contributed by atoms with Crippen LogP contribution in [0.25, 0.3) is 0 Å². The zero-order chi connectivity index (χ0) is 66.9. The van der Waals surface area contributed by atoms with E-state index in [4.69, 9.17) is 20.4 Å². The summed E-state index contributed by atoms with van der Waals surface area (Å²) in [6.07, 6.45) is 6.12. The molecule has 0 atom stereocenters. The smallest absolute Gasteiger partial charge is 0.545 e. The molecule has 6 N–H and O–H groups in total. The van der Waals surface area contributed by atoms with Gasteiger partial charge in [-0.1, -0.05) is 182 Å². The minimum absolute atomic E-state index is 0. The first-order chi connectivity index (χ1) is 43.2. The van der Waals surface area contributed by atoms with Gasteiger partial charge in [-0.3, -0.25) is 20.0 Å². The zero-order valence-corrected chi connectivity index (χ0v) is 55.0. The molecule has 92 heavy (non-hydrogen) atoms. The summed E-state index contributed by atoms with van der Waals surface area (Å²) < 4.78 is 0. The second kappa shape index (κ2) is 53.1. The molecule has 0 saturated carbocycles. The van der Waals surface area contributed by atoms with E-state index in [2.05, 4.69) is 20.0 Å². The Labute approximate surface area is 596 Å². The number of benzene rings is 8. The predicted molar refractivity (Wildman–Crippen MR) is 329 cm³/mol. The molecule has 0 fully saturated rings. The van der Waals surface area contributed by atoms with Crippen LogP contribution in [-0.2, 0) is 0 Å². The molecule has 0 aliphatic heterocycles. The number of phenols is 2. The van der Waals surface area contributed by atoms with Crippen molar-refractivity contribution in [3.05, 3.63) is 273 Å². The summed E-state index contributed by atoms with van der Waals surface area (Å²) >= 11 is 0. The van der Waals surface area contributed by atoms with Gasteiger partial charge in [0.25, 0.3) is 0 Å². The molecule has 8 rings (SSSR count). The second-order valence-electron chi connectivity index (χ2n) is 17.5. The van der Waals surface area contributed by atoms with Crippen LogP contribution in [0.1, 0.15) is 95.5 Å². The quantitative estimate of drug-likeness (QED) is 0.0660. The fourth-order valence-corrected chi connectivity index (χ4v) is 6.39. The average molecular weight is 1530 g/mol. The van der Waals surface area contributed by atoms with E-state index in [0.29, 0.717) is 48.4 Å². The Balaban J connectivity index is 0. The summed E-state index contributed by atoms with van der Waals surface area (Å²) in [6.45, 7) is 4.97. The van der Waals surface area contributed by atoms with Crippen molar-refractivity contribution in [1.29, 1.82) is 0 Å². The van der Waals surface area contributed by atoms with Crippen molar-refractivity contribution in [2.45, 2.75) is 13.8 Å². The van der Waals surface area contributed by atoms with Crippen LogP contribution < -0.4 is 30.6 Å². The average Bonchev–Trinajstić information content (AvgIpc) is 1.34. The molecule has 24 heteroatoms. The third-order valence-corrected chi connectivity index (χ3v) is 10.5. The maximum absolute atomic E-state index is 10.1. The number of aromatic hydroxyl groups is 2. The van der Waals surface area contributed by atoms with Gasteiger partial charge in [0.2, 0.25) is 0 Å². The zero-order valence-electron chi connectivity index (χ0n) is 49.8. The van der Waals surface area contributed by atoms with Crippen molar-refractivity contribution in [2.75, 3.05) is 52.6 Å². The van der Waals surface area contributed by atoms with Gasteiger partial charge in [-0.2, -0.15) is 0 Å². The molecule has 0 aliphatic carbocycles. The number of aliphatic hydroxyl groups is 4. The van der Waals surface area contributed by atoms with Gasteiger partial charge in [0, 0.05) is 47.1 Å². The molecule has 0 aliphatic rings. The fourth-order valence-electron chi connectivity index (χ4n) is 6.39. The van der Waals surface area contributed by atoms with Crippen molar-refractivity contribution in [3.8, 4) is 11.5 Å². The van der Waals surface area contributed by atoms with Gasteiger partial charge in [0.15, 0.2) is 0 Å². The minimum Gasteiger partial charge on any atom is -0.545 e. The molecule has 0 amide bonds. The number of carboxylic acids is 6. The van der Waals surface area contributed by atoms with Crippen molar-refractivity contribution in [2.24, 2.45) is 20.0 Å². The Kier molecular flexibility index (Phi) is 49.3. The van der Waals surface area contributed by atoms with E-state index in [1.165, 1.54) is 97.7 Å². The molecule has 0 heterocycles. The van der Waals surface area contributed by atoms with Crippen molar-refractivity contribution in [3.63, 3.8) is 0 Å². The van der Waals surface area contributed by atoms with Crippen LogP contribution in [0.5, 0.6) is 11.5 Å². The molecular formula is C68H66N4O18Sm2. The summed E-state index contributed by atoms with van der Waals surface area (Å²) in [4.78, 5) is 76.5. The number of nitrogens with zero attached hydrogens (tertiary/aromatic N) is 4. The van der Waals surface area contributed by atoms with E-state index in [1.807, 2.05) is 13.8 Å². The van der Waals surface area contributed by atoms with Gasteiger partial charge >= 0.3 is 80.8 Å². The van der Waals surface area contributed by atoms with E-state index in [-0.39, 0.29) is 152 Å². The number of carbonyl (C=O) groups excluding carboxylic acids is 6. The summed E-state index contributed by atoms with van der Waals surface area (Å²) in [6, 6.07) is 55.6. The molecule has 0 bridgehead atoms. The topological polar surface area (TPSA) is 412 Å². The first-order valence-corrected chi connectivity index (χ1v) is 26.9. The van der Waals surface area contributed by atoms with Gasteiger partial charge in [-0.15, -0.1) is 0 Å². The molecule has 0 saturated heterocycles. The van der Waals surface area contributed by atoms with Crippen molar-refractivity contribution >= 4 is 60.7 Å². The molecule has 478 valence electrons. The molecular weight excluding hydrogens is 1460 g/mol. The standard InChI is InChI=1S/2C13H18N2O3.6C7H6O2.2Sm/c2*1-10-6-11(8-14-2-4-16)13(18)12(7-10)9-15-3-5-17;6*8-7(9)6-4-2-1-3-5-6;;/h2*6-9,16-18H,2-5H2,1H3;6*1-5H,(H,8,9);;/q;;;;;;;;2*+3/p-6. The maximum Gasteiger partial charge on any atom is 3.00 e. The summed E-state index contributed by atoms with van der Waals surface area (Å²) in [5, 5.41) is 115. The molecule has 2 radical (unpaired) electrons. The number of aliphatic hydroxyl groups excluding tert-OH is 4. The number of rotatable bonds is 18. The summed E-state index contributed by atoms with van der Waals surface area (Å²) in [5.41, 5.74) is 5.64.